The summed E-state index contributed by atoms with van der Waals surface area (Å²) in [7, 11) is -3.92. The fraction of sp³-hybridized carbons (Fsp3) is 0.682. The molecular formula is C44H64ClN5O6S. The molecule has 3 fully saturated rings. The quantitative estimate of drug-likeness (QED) is 0.336. The van der Waals surface area contributed by atoms with Crippen LogP contribution in [0.15, 0.2) is 36.4 Å². The molecule has 11 nitrogen and oxygen atoms in total. The lowest BCUT2D eigenvalue weighted by molar-refractivity contribution is -0.0225. The molecule has 1 saturated carbocycles. The lowest BCUT2D eigenvalue weighted by atomic mass is 9.65. The Morgan fingerprint density at radius 2 is 1.72 bits per heavy atom. The topological polar surface area (TPSA) is 112 Å². The molecule has 5 aliphatic rings. The first kappa shape index (κ1) is 42.1. The van der Waals surface area contributed by atoms with Crippen LogP contribution in [0, 0.1) is 23.7 Å². The summed E-state index contributed by atoms with van der Waals surface area (Å²) in [5, 5.41) is 0.00297. The number of amides is 2. The molecule has 0 spiro atoms. The van der Waals surface area contributed by atoms with Crippen LogP contribution < -0.4 is 14.4 Å². The van der Waals surface area contributed by atoms with Crippen molar-refractivity contribution < 1.29 is 27.5 Å². The first-order chi connectivity index (χ1) is 27.1. The minimum absolute atomic E-state index is 0.111. The summed E-state index contributed by atoms with van der Waals surface area (Å²) >= 11 is 6.42. The van der Waals surface area contributed by atoms with Gasteiger partial charge in [-0.05, 0) is 138 Å². The minimum atomic E-state index is -3.92. The molecule has 6 atom stereocenters. The normalized spacial score (nSPS) is 29.3. The Morgan fingerprint density at radius 1 is 0.912 bits per heavy atom. The van der Waals surface area contributed by atoms with Crippen molar-refractivity contribution in [2.45, 2.75) is 109 Å². The predicted octanol–water partition coefficient (Wildman–Crippen LogP) is 7.21. The van der Waals surface area contributed by atoms with E-state index in [1.54, 1.807) is 13.0 Å². The van der Waals surface area contributed by atoms with Crippen LogP contribution in [-0.4, -0.2) is 111 Å². The van der Waals surface area contributed by atoms with Gasteiger partial charge in [-0.25, -0.2) is 17.9 Å². The van der Waals surface area contributed by atoms with Gasteiger partial charge >= 0.3 is 6.09 Å². The largest absolute Gasteiger partial charge is 0.487 e. The molecule has 2 saturated heterocycles. The number of piperazine rings is 2. The first-order valence-corrected chi connectivity index (χ1v) is 23.4. The minimum Gasteiger partial charge on any atom is -0.487 e. The molecule has 0 aromatic heterocycles. The molecule has 2 amide bonds. The zero-order valence-electron chi connectivity index (χ0n) is 34.7. The molecule has 1 N–H and O–H groups in total. The fourth-order valence-electron chi connectivity index (χ4n) is 9.78. The van der Waals surface area contributed by atoms with E-state index in [2.05, 4.69) is 19.4 Å². The zero-order chi connectivity index (χ0) is 40.5. The third-order valence-corrected chi connectivity index (χ3v) is 15.6. The number of carbonyl (C=O) groups is 2. The highest BCUT2D eigenvalue weighted by atomic mass is 35.5. The number of hydrogen-bond acceptors (Lipinski definition) is 9. The van der Waals surface area contributed by atoms with Crippen molar-refractivity contribution in [2.24, 2.45) is 23.7 Å². The van der Waals surface area contributed by atoms with Gasteiger partial charge in [0.15, 0.2) is 0 Å². The lowest BCUT2D eigenvalue weighted by Gasteiger charge is -2.50. The number of anilines is 1. The number of carbonyl (C=O) groups excluding carboxylic acids is 2. The van der Waals surface area contributed by atoms with Crippen molar-refractivity contribution in [3.8, 4) is 5.75 Å². The Bertz CT molecular complexity index is 1870. The number of benzene rings is 2. The highest BCUT2D eigenvalue weighted by molar-refractivity contribution is 7.90. The van der Waals surface area contributed by atoms with Gasteiger partial charge in [0.2, 0.25) is 10.0 Å². The summed E-state index contributed by atoms with van der Waals surface area (Å²) < 4.78 is 42.0. The number of fused-ring (bicyclic) bond motifs is 4. The van der Waals surface area contributed by atoms with Gasteiger partial charge in [0.1, 0.15) is 18.0 Å². The Kier molecular flexibility index (Phi) is 13.0. The number of rotatable bonds is 2. The van der Waals surface area contributed by atoms with Crippen molar-refractivity contribution in [1.29, 1.82) is 0 Å². The molecule has 2 aromatic carbocycles. The number of nitrogens with zero attached hydrogens (tertiary/aromatic N) is 4. The van der Waals surface area contributed by atoms with Gasteiger partial charge in [0, 0.05) is 75.5 Å². The van der Waals surface area contributed by atoms with Crippen molar-refractivity contribution in [3.05, 3.63) is 58.1 Å². The molecule has 4 heterocycles. The van der Waals surface area contributed by atoms with Crippen LogP contribution in [0.1, 0.15) is 101 Å². The standard InChI is InChI=1S/C44H64ClN5O6S/c1-30-9-8-11-34(25-47-19-20-48-21-22-50(28-38(48)27-47)43(52)56-44(3,4)5)39-16-13-35(39)26-49-18-7-6-10-32-23-37(45)15-12-36(32)29-55-41-17-14-33(24-40(41)49)42(51)46-57(53,54)31(30)2/h12,14-15,17,23-24,30-31,34-35,38-39H,6-11,13,16,18-22,25-29H2,1-5H3,(H,46,51)/t30-,31+,34-,35-,38+,39-/m0/s1. The number of ether oxygens (including phenoxy) is 2. The maximum atomic E-state index is 13.6. The van der Waals surface area contributed by atoms with Crippen LogP contribution in [0.4, 0.5) is 10.5 Å². The van der Waals surface area contributed by atoms with E-state index in [0.29, 0.717) is 48.8 Å². The van der Waals surface area contributed by atoms with E-state index < -0.39 is 26.8 Å². The molecule has 2 aromatic rings. The SMILES string of the molecule is C[C@@H]1[C@@H](C)CCC[C@@H](CN2CCN3CCN(C(=O)OC(C)(C)C)C[C@H]3C2)[C@@H]2CC[C@H]2CN2CCCCc3cc(Cl)ccc3COc3ccc(cc32)C(=O)NS1(=O)=O. The van der Waals surface area contributed by atoms with Crippen LogP contribution in [-0.2, 0) is 27.8 Å². The molecule has 4 aliphatic heterocycles. The van der Waals surface area contributed by atoms with E-state index in [4.69, 9.17) is 21.1 Å². The Hall–Kier alpha value is -3.06. The monoisotopic (exact) mass is 825 g/mol. The second-order valence-electron chi connectivity index (χ2n) is 18.5. The van der Waals surface area contributed by atoms with E-state index in [0.717, 1.165) is 107 Å². The molecule has 1 aliphatic carbocycles. The highest BCUT2D eigenvalue weighted by Gasteiger charge is 2.41. The zero-order valence-corrected chi connectivity index (χ0v) is 36.3. The van der Waals surface area contributed by atoms with Gasteiger partial charge in [-0.15, -0.1) is 0 Å². The summed E-state index contributed by atoms with van der Waals surface area (Å²) in [6.07, 6.45) is 7.71. The van der Waals surface area contributed by atoms with Crippen LogP contribution in [0.2, 0.25) is 5.02 Å². The molecule has 2 bridgehead atoms. The predicted molar refractivity (Wildman–Crippen MR) is 226 cm³/mol. The summed E-state index contributed by atoms with van der Waals surface area (Å²) in [6.45, 7) is 17.7. The Morgan fingerprint density at radius 3 is 2.49 bits per heavy atom. The number of nitrogens with one attached hydrogen (secondary N) is 1. The van der Waals surface area contributed by atoms with Gasteiger partial charge < -0.3 is 24.2 Å². The second kappa shape index (κ2) is 17.7. The maximum absolute atomic E-state index is 13.6. The van der Waals surface area contributed by atoms with E-state index >= 15 is 0 Å². The van der Waals surface area contributed by atoms with E-state index in [1.165, 1.54) is 12.0 Å². The van der Waals surface area contributed by atoms with Crippen molar-refractivity contribution in [2.75, 3.05) is 63.8 Å². The smallest absolute Gasteiger partial charge is 0.410 e. The van der Waals surface area contributed by atoms with Crippen LogP contribution in [0.5, 0.6) is 5.75 Å². The van der Waals surface area contributed by atoms with Crippen LogP contribution in [0.3, 0.4) is 0 Å². The van der Waals surface area contributed by atoms with E-state index in [9.17, 15) is 18.0 Å². The average molecular weight is 827 g/mol. The van der Waals surface area contributed by atoms with E-state index in [-0.39, 0.29) is 18.1 Å². The molecule has 0 radical (unpaired) electrons. The third kappa shape index (κ3) is 10.2. The van der Waals surface area contributed by atoms with Crippen LogP contribution >= 0.6 is 11.6 Å². The number of sulfonamides is 1. The van der Waals surface area contributed by atoms with E-state index in [1.807, 2.05) is 62.9 Å². The van der Waals surface area contributed by atoms with Gasteiger partial charge in [-0.2, -0.15) is 0 Å². The van der Waals surface area contributed by atoms with Gasteiger partial charge in [0.25, 0.3) is 5.91 Å². The van der Waals surface area contributed by atoms with Crippen molar-refractivity contribution in [1.82, 2.24) is 19.4 Å². The fourth-order valence-corrected chi connectivity index (χ4v) is 11.3. The average Bonchev–Trinajstić information content (AvgIpc) is 3.17. The summed E-state index contributed by atoms with van der Waals surface area (Å²) in [5.41, 5.74) is 2.93. The maximum Gasteiger partial charge on any atom is 0.410 e. The summed E-state index contributed by atoms with van der Waals surface area (Å²) in [6, 6.07) is 11.6. The van der Waals surface area contributed by atoms with Gasteiger partial charge in [-0.3, -0.25) is 9.69 Å². The van der Waals surface area contributed by atoms with Gasteiger partial charge in [0.05, 0.1) is 10.9 Å². The molecule has 13 heteroatoms. The molecule has 7 rings (SSSR count). The first-order valence-electron chi connectivity index (χ1n) is 21.4. The molecular weight excluding hydrogens is 762 g/mol. The van der Waals surface area contributed by atoms with Crippen LogP contribution in [0.25, 0.3) is 0 Å². The Labute approximate surface area is 345 Å². The molecule has 314 valence electrons. The number of aryl methyl sites for hydroxylation is 1. The second-order valence-corrected chi connectivity index (χ2v) is 21.0. The lowest BCUT2D eigenvalue weighted by Crippen LogP contribution is -2.63. The number of hydrogen-bond donors (Lipinski definition) is 1. The Balaban J connectivity index is 1.15. The summed E-state index contributed by atoms with van der Waals surface area (Å²) in [5.74, 6) is 1.48. The molecule has 0 unspecified atom stereocenters. The van der Waals surface area contributed by atoms with Crippen molar-refractivity contribution in [3.63, 3.8) is 0 Å². The highest BCUT2D eigenvalue weighted by Crippen LogP contribution is 2.45. The molecule has 57 heavy (non-hydrogen) atoms. The third-order valence-electron chi connectivity index (χ3n) is 13.5. The van der Waals surface area contributed by atoms with Crippen molar-refractivity contribution >= 4 is 39.3 Å². The summed E-state index contributed by atoms with van der Waals surface area (Å²) in [4.78, 5) is 36.2. The van der Waals surface area contributed by atoms with Gasteiger partial charge in [-0.1, -0.05) is 31.0 Å². The number of halogens is 1.